The Morgan fingerprint density at radius 1 is 0.918 bits per heavy atom. The maximum Gasteiger partial charge on any atom is 0.416 e. The molecule has 0 saturated carbocycles. The largest absolute Gasteiger partial charge is 0.489 e. The van der Waals surface area contributed by atoms with Gasteiger partial charge >= 0.3 is 18.1 Å². The number of benzene rings is 3. The molecule has 3 aromatic carbocycles. The van der Waals surface area contributed by atoms with Crippen molar-refractivity contribution in [3.05, 3.63) is 119 Å². The fourth-order valence-corrected chi connectivity index (χ4v) is 6.29. The highest BCUT2D eigenvalue weighted by molar-refractivity contribution is 5.85. The molecule has 0 fully saturated rings. The van der Waals surface area contributed by atoms with Crippen molar-refractivity contribution >= 4 is 11.9 Å². The van der Waals surface area contributed by atoms with E-state index >= 15 is 0 Å². The number of carboxylic acids is 1. The number of para-hydroxylation sites is 1. The van der Waals surface area contributed by atoms with Gasteiger partial charge in [0.15, 0.2) is 0 Å². The number of alkyl halides is 3. The molecule has 0 spiro atoms. The SMILES string of the molecule is CCOC(=O)CCCCN(CCc1ccccc1OCc1ccc(-c2ccc(C(F)(F)F)cc2)cc1)C1CCCc2nc(C(=O)O)ccc21. The quantitative estimate of drug-likeness (QED) is 0.0997. The van der Waals surface area contributed by atoms with Gasteiger partial charge in [0, 0.05) is 24.7 Å². The molecular formula is C39H41F3N2O5. The normalized spacial score (nSPS) is 14.3. The van der Waals surface area contributed by atoms with Crippen molar-refractivity contribution in [2.24, 2.45) is 0 Å². The summed E-state index contributed by atoms with van der Waals surface area (Å²) in [4.78, 5) is 30.4. The third-order valence-electron chi connectivity index (χ3n) is 8.84. The summed E-state index contributed by atoms with van der Waals surface area (Å²) in [6.45, 7) is 3.99. The summed E-state index contributed by atoms with van der Waals surface area (Å²) in [7, 11) is 0. The second-order valence-corrected chi connectivity index (χ2v) is 12.2. The molecule has 1 unspecified atom stereocenters. The Morgan fingerprint density at radius 3 is 2.33 bits per heavy atom. The Morgan fingerprint density at radius 2 is 1.63 bits per heavy atom. The zero-order chi connectivity index (χ0) is 34.8. The van der Waals surface area contributed by atoms with Gasteiger partial charge < -0.3 is 14.6 Å². The standard InChI is InChI=1S/C39H41F3N2O5/c1-2-48-37(45)12-5-6-24-44(35-10-7-9-33-32(35)21-22-34(43-33)38(46)47)25-23-30-8-3-4-11-36(30)49-26-27-13-15-28(16-14-27)29-17-19-31(20-18-29)39(40,41)42/h3-4,8,11,13-22,35H,2,5-7,9-10,12,23-26H2,1H3,(H,46,47). The summed E-state index contributed by atoms with van der Waals surface area (Å²) in [6.07, 6.45) is 0.818. The van der Waals surface area contributed by atoms with Gasteiger partial charge in [-0.25, -0.2) is 9.78 Å². The number of carbonyl (C=O) groups excluding carboxylic acids is 1. The highest BCUT2D eigenvalue weighted by atomic mass is 19.4. The number of rotatable bonds is 15. The Balaban J connectivity index is 1.25. The Hall–Kier alpha value is -4.70. The molecule has 1 aromatic heterocycles. The van der Waals surface area contributed by atoms with E-state index in [1.165, 1.54) is 12.1 Å². The van der Waals surface area contributed by atoms with Crippen molar-refractivity contribution in [2.45, 2.75) is 70.7 Å². The van der Waals surface area contributed by atoms with Gasteiger partial charge in [0.1, 0.15) is 18.1 Å². The number of aromatic nitrogens is 1. The van der Waals surface area contributed by atoms with Crippen LogP contribution in [0.1, 0.15) is 83.5 Å². The van der Waals surface area contributed by atoms with Crippen molar-refractivity contribution in [1.82, 2.24) is 9.88 Å². The molecule has 1 atom stereocenters. The molecule has 1 aliphatic carbocycles. The summed E-state index contributed by atoms with van der Waals surface area (Å²) in [5.74, 6) is -0.455. The smallest absolute Gasteiger partial charge is 0.416 e. The maximum atomic E-state index is 12.9. The van der Waals surface area contributed by atoms with Crippen LogP contribution in [0.4, 0.5) is 13.2 Å². The summed E-state index contributed by atoms with van der Waals surface area (Å²) in [5, 5.41) is 9.48. The van der Waals surface area contributed by atoms with Gasteiger partial charge in [-0.15, -0.1) is 0 Å². The number of aryl methyl sites for hydroxylation is 1. The van der Waals surface area contributed by atoms with E-state index in [1.807, 2.05) is 48.5 Å². The number of nitrogens with zero attached hydrogens (tertiary/aromatic N) is 2. The van der Waals surface area contributed by atoms with Gasteiger partial charge in [-0.2, -0.15) is 13.2 Å². The fraction of sp³-hybridized carbons (Fsp3) is 0.359. The van der Waals surface area contributed by atoms with Crippen LogP contribution in [0.15, 0.2) is 84.9 Å². The number of ether oxygens (including phenoxy) is 2. The number of carbonyl (C=O) groups is 2. The molecule has 4 aromatic rings. The Labute approximate surface area is 284 Å². The molecule has 1 aliphatic rings. The molecule has 1 N–H and O–H groups in total. The maximum absolute atomic E-state index is 12.9. The van der Waals surface area contributed by atoms with Gasteiger partial charge in [0.2, 0.25) is 0 Å². The Bertz CT molecular complexity index is 1710. The zero-order valence-electron chi connectivity index (χ0n) is 27.5. The van der Waals surface area contributed by atoms with E-state index in [-0.39, 0.29) is 17.7 Å². The van der Waals surface area contributed by atoms with Crippen LogP contribution in [-0.4, -0.2) is 46.6 Å². The molecule has 0 aliphatic heterocycles. The first-order chi connectivity index (χ1) is 23.6. The summed E-state index contributed by atoms with van der Waals surface area (Å²) in [5.41, 5.74) is 4.78. The van der Waals surface area contributed by atoms with Crippen molar-refractivity contribution in [1.29, 1.82) is 0 Å². The fourth-order valence-electron chi connectivity index (χ4n) is 6.29. The van der Waals surface area contributed by atoms with E-state index in [1.54, 1.807) is 13.0 Å². The third kappa shape index (κ3) is 9.69. The van der Waals surface area contributed by atoms with E-state index in [4.69, 9.17) is 9.47 Å². The molecular weight excluding hydrogens is 633 g/mol. The molecule has 5 rings (SSSR count). The van der Waals surface area contributed by atoms with Gasteiger partial charge in [-0.1, -0.05) is 60.7 Å². The molecule has 0 bridgehead atoms. The molecule has 0 radical (unpaired) electrons. The third-order valence-corrected chi connectivity index (χ3v) is 8.84. The number of halogens is 3. The molecule has 0 saturated heterocycles. The molecule has 7 nitrogen and oxygen atoms in total. The minimum atomic E-state index is -4.37. The monoisotopic (exact) mass is 674 g/mol. The second kappa shape index (κ2) is 16.6. The lowest BCUT2D eigenvalue weighted by atomic mass is 9.89. The molecule has 49 heavy (non-hydrogen) atoms. The summed E-state index contributed by atoms with van der Waals surface area (Å²) < 4.78 is 50.2. The van der Waals surface area contributed by atoms with Crippen LogP contribution < -0.4 is 4.74 Å². The van der Waals surface area contributed by atoms with Crippen molar-refractivity contribution in [2.75, 3.05) is 19.7 Å². The molecule has 10 heteroatoms. The average molecular weight is 675 g/mol. The predicted molar refractivity (Wildman–Crippen MR) is 180 cm³/mol. The highest BCUT2D eigenvalue weighted by Crippen LogP contribution is 2.35. The summed E-state index contributed by atoms with van der Waals surface area (Å²) >= 11 is 0. The van der Waals surface area contributed by atoms with Crippen LogP contribution in [-0.2, 0) is 35.2 Å². The zero-order valence-corrected chi connectivity index (χ0v) is 27.5. The Kier molecular flexibility index (Phi) is 12.1. The van der Waals surface area contributed by atoms with Crippen LogP contribution in [0.25, 0.3) is 11.1 Å². The van der Waals surface area contributed by atoms with Gasteiger partial charge in [-0.05, 0) is 104 Å². The van der Waals surface area contributed by atoms with Crippen molar-refractivity contribution < 1.29 is 37.3 Å². The highest BCUT2D eigenvalue weighted by Gasteiger charge is 2.30. The van der Waals surface area contributed by atoms with Crippen LogP contribution >= 0.6 is 0 Å². The number of fused-ring (bicyclic) bond motifs is 1. The number of pyridine rings is 1. The van der Waals surface area contributed by atoms with E-state index in [2.05, 4.69) is 16.0 Å². The first kappa shape index (κ1) is 35.6. The minimum absolute atomic E-state index is 0.0562. The lowest BCUT2D eigenvalue weighted by molar-refractivity contribution is -0.143. The second-order valence-electron chi connectivity index (χ2n) is 12.2. The van der Waals surface area contributed by atoms with Gasteiger partial charge in [0.05, 0.1) is 12.2 Å². The van der Waals surface area contributed by atoms with Crippen LogP contribution in [0.3, 0.4) is 0 Å². The average Bonchev–Trinajstić information content (AvgIpc) is 3.10. The number of esters is 1. The molecule has 258 valence electrons. The number of unbranched alkanes of at least 4 members (excludes halogenated alkanes) is 1. The van der Waals surface area contributed by atoms with Gasteiger partial charge in [0.25, 0.3) is 0 Å². The van der Waals surface area contributed by atoms with Crippen LogP contribution in [0.5, 0.6) is 5.75 Å². The lowest BCUT2D eigenvalue weighted by Crippen LogP contribution is -2.34. The first-order valence-corrected chi connectivity index (χ1v) is 16.7. The molecule has 1 heterocycles. The van der Waals surface area contributed by atoms with Crippen molar-refractivity contribution in [3.8, 4) is 16.9 Å². The van der Waals surface area contributed by atoms with E-state index in [0.717, 1.165) is 84.6 Å². The summed E-state index contributed by atoms with van der Waals surface area (Å²) in [6, 6.07) is 24.2. The van der Waals surface area contributed by atoms with Crippen LogP contribution in [0.2, 0.25) is 0 Å². The van der Waals surface area contributed by atoms with E-state index < -0.39 is 17.7 Å². The first-order valence-electron chi connectivity index (χ1n) is 16.7. The van der Waals surface area contributed by atoms with Crippen molar-refractivity contribution in [3.63, 3.8) is 0 Å². The number of aromatic carboxylic acids is 1. The predicted octanol–water partition coefficient (Wildman–Crippen LogP) is 8.70. The number of hydrogen-bond acceptors (Lipinski definition) is 6. The van der Waals surface area contributed by atoms with E-state index in [9.17, 15) is 27.9 Å². The van der Waals surface area contributed by atoms with Crippen LogP contribution in [0, 0.1) is 0 Å². The lowest BCUT2D eigenvalue weighted by Gasteiger charge is -2.36. The minimum Gasteiger partial charge on any atom is -0.489 e. The van der Waals surface area contributed by atoms with E-state index in [0.29, 0.717) is 38.0 Å². The number of hydrogen-bond donors (Lipinski definition) is 1. The number of carboxylic acid groups (broad SMARTS) is 1. The van der Waals surface area contributed by atoms with Gasteiger partial charge in [-0.3, -0.25) is 9.69 Å². The molecule has 0 amide bonds. The topological polar surface area (TPSA) is 89.0 Å².